The van der Waals surface area contributed by atoms with E-state index in [0.29, 0.717) is 12.2 Å². The third kappa shape index (κ3) is 3.81. The van der Waals surface area contributed by atoms with E-state index in [1.807, 2.05) is 34.0 Å². The van der Waals surface area contributed by atoms with E-state index in [-0.39, 0.29) is 5.41 Å². The fourth-order valence-corrected chi connectivity index (χ4v) is 1.31. The van der Waals surface area contributed by atoms with Gasteiger partial charge in [0.05, 0.1) is 5.69 Å². The van der Waals surface area contributed by atoms with Crippen molar-refractivity contribution in [3.05, 3.63) is 11.9 Å². The highest BCUT2D eigenvalue weighted by atomic mass is 16.1. The van der Waals surface area contributed by atoms with Crippen LogP contribution in [0.2, 0.25) is 0 Å². The van der Waals surface area contributed by atoms with Crippen molar-refractivity contribution in [1.82, 2.24) is 15.0 Å². The van der Waals surface area contributed by atoms with Gasteiger partial charge in [0.1, 0.15) is 5.78 Å². The Kier molecular flexibility index (Phi) is 3.61. The average Bonchev–Trinajstić information content (AvgIpc) is 2.49. The third-order valence-electron chi connectivity index (χ3n) is 2.32. The fraction of sp³-hybridized carbons (Fsp3) is 0.727. The van der Waals surface area contributed by atoms with Gasteiger partial charge in [-0.1, -0.05) is 26.0 Å². The molecule has 15 heavy (non-hydrogen) atoms. The lowest BCUT2D eigenvalue weighted by Crippen LogP contribution is -2.19. The molecule has 0 N–H and O–H groups in total. The number of aryl methyl sites for hydroxylation is 2. The lowest BCUT2D eigenvalue weighted by molar-refractivity contribution is -0.126. The molecule has 0 atom stereocenters. The van der Waals surface area contributed by atoms with Crippen LogP contribution in [0.15, 0.2) is 6.20 Å². The van der Waals surface area contributed by atoms with E-state index in [2.05, 4.69) is 10.3 Å². The van der Waals surface area contributed by atoms with Crippen LogP contribution in [0.3, 0.4) is 0 Å². The van der Waals surface area contributed by atoms with Crippen molar-refractivity contribution in [2.24, 2.45) is 12.5 Å². The molecule has 0 aliphatic carbocycles. The molecule has 84 valence electrons. The molecule has 0 saturated carbocycles. The summed E-state index contributed by atoms with van der Waals surface area (Å²) >= 11 is 0. The van der Waals surface area contributed by atoms with Crippen LogP contribution in [0, 0.1) is 5.41 Å². The molecule has 0 bridgehead atoms. The van der Waals surface area contributed by atoms with Crippen molar-refractivity contribution in [2.45, 2.75) is 40.0 Å². The first-order valence-corrected chi connectivity index (χ1v) is 5.28. The molecule has 0 amide bonds. The smallest absolute Gasteiger partial charge is 0.138 e. The second-order valence-corrected chi connectivity index (χ2v) is 4.91. The molecule has 1 aromatic rings. The Morgan fingerprint density at radius 2 is 2.13 bits per heavy atom. The second kappa shape index (κ2) is 4.55. The summed E-state index contributed by atoms with van der Waals surface area (Å²) in [6.07, 6.45) is 4.20. The number of Topliss-reactive ketones (excluding diaryl/α,β-unsaturated/α-hetero) is 1. The molecule has 0 radical (unpaired) electrons. The predicted molar refractivity (Wildman–Crippen MR) is 58.4 cm³/mol. The quantitative estimate of drug-likeness (QED) is 0.759. The van der Waals surface area contributed by atoms with Crippen molar-refractivity contribution in [3.8, 4) is 0 Å². The summed E-state index contributed by atoms with van der Waals surface area (Å²) in [5.41, 5.74) is 0.738. The molecule has 0 spiro atoms. The molecule has 4 nitrogen and oxygen atoms in total. The number of carbonyl (C=O) groups excluding carboxylic acids is 1. The summed E-state index contributed by atoms with van der Waals surface area (Å²) < 4.78 is 1.68. The molecule has 1 heterocycles. The van der Waals surface area contributed by atoms with Crippen LogP contribution in [0.1, 0.15) is 39.3 Å². The highest BCUT2D eigenvalue weighted by molar-refractivity contribution is 5.83. The number of carbonyl (C=O) groups is 1. The van der Waals surface area contributed by atoms with E-state index in [4.69, 9.17) is 0 Å². The molecular weight excluding hydrogens is 190 g/mol. The zero-order valence-electron chi connectivity index (χ0n) is 9.95. The van der Waals surface area contributed by atoms with Gasteiger partial charge >= 0.3 is 0 Å². The van der Waals surface area contributed by atoms with Crippen LogP contribution in [0.4, 0.5) is 0 Å². The highest BCUT2D eigenvalue weighted by Crippen LogP contribution is 2.18. The van der Waals surface area contributed by atoms with E-state index in [9.17, 15) is 4.79 Å². The molecule has 1 aromatic heterocycles. The monoisotopic (exact) mass is 209 g/mol. The fourth-order valence-electron chi connectivity index (χ4n) is 1.31. The van der Waals surface area contributed by atoms with Crippen molar-refractivity contribution in [3.63, 3.8) is 0 Å². The average molecular weight is 209 g/mol. The Hall–Kier alpha value is -1.19. The normalized spacial score (nSPS) is 11.7. The van der Waals surface area contributed by atoms with Gasteiger partial charge in [0, 0.05) is 25.1 Å². The summed E-state index contributed by atoms with van der Waals surface area (Å²) in [4.78, 5) is 11.6. The summed E-state index contributed by atoms with van der Waals surface area (Å²) in [5, 5.41) is 7.82. The molecule has 0 aromatic carbocycles. The van der Waals surface area contributed by atoms with Crippen LogP contribution >= 0.6 is 0 Å². The van der Waals surface area contributed by atoms with Gasteiger partial charge in [-0.25, -0.2) is 0 Å². The Morgan fingerprint density at radius 1 is 1.47 bits per heavy atom. The molecule has 0 fully saturated rings. The maximum absolute atomic E-state index is 11.6. The SMILES string of the molecule is Cn1cc(CCCC(=O)C(C)(C)C)nn1. The predicted octanol–water partition coefficient (Wildman–Crippen LogP) is 1.75. The lowest BCUT2D eigenvalue weighted by atomic mass is 9.88. The Labute approximate surface area is 90.7 Å². The zero-order valence-corrected chi connectivity index (χ0v) is 9.95. The summed E-state index contributed by atoms with van der Waals surface area (Å²) in [7, 11) is 1.84. The molecular formula is C11H19N3O. The second-order valence-electron chi connectivity index (χ2n) is 4.91. The standard InChI is InChI=1S/C11H19N3O/c1-11(2,3)10(15)7-5-6-9-8-14(4)13-12-9/h8H,5-7H2,1-4H3. The molecule has 0 aliphatic rings. The molecule has 0 unspecified atom stereocenters. The van der Waals surface area contributed by atoms with Crippen LogP contribution in [0.25, 0.3) is 0 Å². The van der Waals surface area contributed by atoms with E-state index in [1.54, 1.807) is 4.68 Å². The summed E-state index contributed by atoms with van der Waals surface area (Å²) in [6, 6.07) is 0. The van der Waals surface area contributed by atoms with Gasteiger partial charge in [0.2, 0.25) is 0 Å². The maximum Gasteiger partial charge on any atom is 0.138 e. The molecule has 0 aliphatic heterocycles. The Morgan fingerprint density at radius 3 is 2.60 bits per heavy atom. The number of ketones is 1. The van der Waals surface area contributed by atoms with Gasteiger partial charge in [-0.3, -0.25) is 9.48 Å². The topological polar surface area (TPSA) is 47.8 Å². The lowest BCUT2D eigenvalue weighted by Gasteiger charge is -2.15. The van der Waals surface area contributed by atoms with Gasteiger partial charge in [0.15, 0.2) is 0 Å². The minimum absolute atomic E-state index is 0.220. The van der Waals surface area contributed by atoms with Gasteiger partial charge < -0.3 is 0 Å². The van der Waals surface area contributed by atoms with Gasteiger partial charge in [0.25, 0.3) is 0 Å². The maximum atomic E-state index is 11.6. The third-order valence-corrected chi connectivity index (χ3v) is 2.32. The number of rotatable bonds is 4. The van der Waals surface area contributed by atoms with Crippen LogP contribution in [0.5, 0.6) is 0 Å². The van der Waals surface area contributed by atoms with E-state index in [0.717, 1.165) is 18.5 Å². The van der Waals surface area contributed by atoms with E-state index < -0.39 is 0 Å². The molecule has 0 saturated heterocycles. The van der Waals surface area contributed by atoms with Gasteiger partial charge in [-0.05, 0) is 12.8 Å². The zero-order chi connectivity index (χ0) is 11.5. The van der Waals surface area contributed by atoms with Crippen molar-refractivity contribution in [2.75, 3.05) is 0 Å². The van der Waals surface area contributed by atoms with Crippen LogP contribution in [-0.4, -0.2) is 20.8 Å². The minimum atomic E-state index is -0.220. The first kappa shape index (κ1) is 11.9. The Balaban J connectivity index is 2.31. The van der Waals surface area contributed by atoms with Crippen LogP contribution < -0.4 is 0 Å². The molecule has 1 rings (SSSR count). The first-order chi connectivity index (χ1) is 6.89. The number of aromatic nitrogens is 3. The number of nitrogens with zero attached hydrogens (tertiary/aromatic N) is 3. The van der Waals surface area contributed by atoms with Crippen LogP contribution in [-0.2, 0) is 18.3 Å². The first-order valence-electron chi connectivity index (χ1n) is 5.28. The molecule has 4 heteroatoms. The van der Waals surface area contributed by atoms with Crippen molar-refractivity contribution >= 4 is 5.78 Å². The van der Waals surface area contributed by atoms with E-state index >= 15 is 0 Å². The van der Waals surface area contributed by atoms with Gasteiger partial charge in [-0.2, -0.15) is 0 Å². The largest absolute Gasteiger partial charge is 0.299 e. The summed E-state index contributed by atoms with van der Waals surface area (Å²) in [6.45, 7) is 5.87. The summed E-state index contributed by atoms with van der Waals surface area (Å²) in [5.74, 6) is 0.311. The van der Waals surface area contributed by atoms with Crippen molar-refractivity contribution < 1.29 is 4.79 Å². The Bertz CT molecular complexity index is 336. The highest BCUT2D eigenvalue weighted by Gasteiger charge is 2.20. The minimum Gasteiger partial charge on any atom is -0.299 e. The number of hydrogen-bond donors (Lipinski definition) is 0. The van der Waals surface area contributed by atoms with E-state index in [1.165, 1.54) is 0 Å². The van der Waals surface area contributed by atoms with Crippen molar-refractivity contribution in [1.29, 1.82) is 0 Å². The van der Waals surface area contributed by atoms with Gasteiger partial charge in [-0.15, -0.1) is 5.10 Å². The number of hydrogen-bond acceptors (Lipinski definition) is 3.